The molecule has 17 heavy (non-hydrogen) atoms. The average Bonchev–Trinajstić information content (AvgIpc) is 2.29. The largest absolute Gasteiger partial charge is 0.330 e. The fourth-order valence-electron chi connectivity index (χ4n) is 2.99. The standard InChI is InChI=1S/C15H32N2/c1-12(2)7-6-8-13(3)17-15-10-5-4-9-14(15)11-16/h12-15,17H,4-11,16H2,1-3H3. The van der Waals surface area contributed by atoms with Gasteiger partial charge in [0.25, 0.3) is 0 Å². The topological polar surface area (TPSA) is 38.0 Å². The second-order valence-corrected chi connectivity index (χ2v) is 6.28. The van der Waals surface area contributed by atoms with Gasteiger partial charge in [-0.1, -0.05) is 39.5 Å². The van der Waals surface area contributed by atoms with Crippen molar-refractivity contribution >= 4 is 0 Å². The molecule has 102 valence electrons. The zero-order valence-corrected chi connectivity index (χ0v) is 12.0. The van der Waals surface area contributed by atoms with Crippen LogP contribution in [-0.2, 0) is 0 Å². The predicted octanol–water partition coefficient (Wildman–Crippen LogP) is 3.31. The normalized spacial score (nSPS) is 27.4. The van der Waals surface area contributed by atoms with Gasteiger partial charge in [-0.05, 0) is 44.6 Å². The molecule has 3 atom stereocenters. The molecule has 1 aliphatic rings. The van der Waals surface area contributed by atoms with Gasteiger partial charge in [-0.2, -0.15) is 0 Å². The summed E-state index contributed by atoms with van der Waals surface area (Å²) in [6.45, 7) is 7.81. The van der Waals surface area contributed by atoms with Crippen molar-refractivity contribution in [1.82, 2.24) is 5.32 Å². The fraction of sp³-hybridized carbons (Fsp3) is 1.00. The number of nitrogens with one attached hydrogen (secondary N) is 1. The van der Waals surface area contributed by atoms with Crippen molar-refractivity contribution in [3.8, 4) is 0 Å². The minimum absolute atomic E-state index is 0.658. The maximum Gasteiger partial charge on any atom is 0.0110 e. The minimum atomic E-state index is 0.658. The quantitative estimate of drug-likeness (QED) is 0.716. The molecule has 1 rings (SSSR count). The van der Waals surface area contributed by atoms with Gasteiger partial charge >= 0.3 is 0 Å². The minimum Gasteiger partial charge on any atom is -0.330 e. The number of nitrogens with two attached hydrogens (primary N) is 1. The van der Waals surface area contributed by atoms with Crippen molar-refractivity contribution in [3.05, 3.63) is 0 Å². The molecule has 3 N–H and O–H groups in total. The van der Waals surface area contributed by atoms with Crippen molar-refractivity contribution in [2.45, 2.75) is 77.8 Å². The molecule has 1 aliphatic carbocycles. The van der Waals surface area contributed by atoms with Crippen molar-refractivity contribution < 1.29 is 0 Å². The molecule has 0 aromatic rings. The van der Waals surface area contributed by atoms with Crippen LogP contribution in [0.3, 0.4) is 0 Å². The van der Waals surface area contributed by atoms with E-state index in [1.807, 2.05) is 0 Å². The lowest BCUT2D eigenvalue weighted by molar-refractivity contribution is 0.245. The summed E-state index contributed by atoms with van der Waals surface area (Å²) in [7, 11) is 0. The van der Waals surface area contributed by atoms with Gasteiger partial charge in [-0.3, -0.25) is 0 Å². The summed E-state index contributed by atoms with van der Waals surface area (Å²) < 4.78 is 0. The highest BCUT2D eigenvalue weighted by Crippen LogP contribution is 2.24. The summed E-state index contributed by atoms with van der Waals surface area (Å²) in [6, 6.07) is 1.34. The first kappa shape index (κ1) is 15.0. The smallest absolute Gasteiger partial charge is 0.0110 e. The Morgan fingerprint density at radius 2 is 1.82 bits per heavy atom. The summed E-state index contributed by atoms with van der Waals surface area (Å²) in [5.41, 5.74) is 5.87. The summed E-state index contributed by atoms with van der Waals surface area (Å²) in [6.07, 6.45) is 9.44. The molecule has 0 bridgehead atoms. The Morgan fingerprint density at radius 3 is 2.47 bits per heavy atom. The highest BCUT2D eigenvalue weighted by molar-refractivity contribution is 4.83. The highest BCUT2D eigenvalue weighted by Gasteiger charge is 2.24. The molecule has 0 aromatic carbocycles. The molecular weight excluding hydrogens is 208 g/mol. The molecule has 3 unspecified atom stereocenters. The molecule has 0 spiro atoms. The predicted molar refractivity (Wildman–Crippen MR) is 76.1 cm³/mol. The van der Waals surface area contributed by atoms with Crippen molar-refractivity contribution in [1.29, 1.82) is 0 Å². The van der Waals surface area contributed by atoms with E-state index in [9.17, 15) is 0 Å². The van der Waals surface area contributed by atoms with Crippen LogP contribution in [0.4, 0.5) is 0 Å². The summed E-state index contributed by atoms with van der Waals surface area (Å²) in [5.74, 6) is 1.56. The zero-order valence-electron chi connectivity index (χ0n) is 12.0. The number of hydrogen-bond acceptors (Lipinski definition) is 2. The lowest BCUT2D eigenvalue weighted by atomic mass is 9.84. The van der Waals surface area contributed by atoms with E-state index in [0.29, 0.717) is 12.1 Å². The van der Waals surface area contributed by atoms with Crippen LogP contribution in [0, 0.1) is 11.8 Å². The number of rotatable bonds is 7. The third-order valence-corrected chi connectivity index (χ3v) is 4.13. The Labute approximate surface area is 108 Å². The van der Waals surface area contributed by atoms with Gasteiger partial charge < -0.3 is 11.1 Å². The second kappa shape index (κ2) is 8.10. The Bertz CT molecular complexity index is 191. The van der Waals surface area contributed by atoms with Gasteiger partial charge in [0.05, 0.1) is 0 Å². The van der Waals surface area contributed by atoms with Crippen LogP contribution >= 0.6 is 0 Å². The highest BCUT2D eigenvalue weighted by atomic mass is 15.0. The molecule has 0 heterocycles. The van der Waals surface area contributed by atoms with Crippen LogP contribution in [0.15, 0.2) is 0 Å². The van der Waals surface area contributed by atoms with E-state index in [2.05, 4.69) is 26.1 Å². The molecular formula is C15H32N2. The Hall–Kier alpha value is -0.0800. The molecule has 0 aromatic heterocycles. The monoisotopic (exact) mass is 240 g/mol. The van der Waals surface area contributed by atoms with Crippen LogP contribution in [0.1, 0.15) is 65.7 Å². The van der Waals surface area contributed by atoms with Crippen molar-refractivity contribution in [2.75, 3.05) is 6.54 Å². The first-order valence-electron chi connectivity index (χ1n) is 7.59. The Balaban J connectivity index is 2.21. The zero-order chi connectivity index (χ0) is 12.7. The lowest BCUT2D eigenvalue weighted by Gasteiger charge is -2.33. The first-order valence-corrected chi connectivity index (χ1v) is 7.59. The molecule has 0 aliphatic heterocycles. The van der Waals surface area contributed by atoms with Gasteiger partial charge in [0, 0.05) is 12.1 Å². The summed E-state index contributed by atoms with van der Waals surface area (Å²) in [4.78, 5) is 0. The Kier molecular flexibility index (Phi) is 7.14. The van der Waals surface area contributed by atoms with Gasteiger partial charge in [0.2, 0.25) is 0 Å². The fourth-order valence-corrected chi connectivity index (χ4v) is 2.99. The molecule has 1 saturated carbocycles. The van der Waals surface area contributed by atoms with Crippen molar-refractivity contribution in [2.24, 2.45) is 17.6 Å². The first-order chi connectivity index (χ1) is 8.13. The SMILES string of the molecule is CC(C)CCCC(C)NC1CCCCC1CN. The molecule has 0 amide bonds. The summed E-state index contributed by atoms with van der Waals surface area (Å²) >= 11 is 0. The Morgan fingerprint density at radius 1 is 1.12 bits per heavy atom. The maximum absolute atomic E-state index is 5.87. The van der Waals surface area contributed by atoms with Crippen LogP contribution in [0.2, 0.25) is 0 Å². The lowest BCUT2D eigenvalue weighted by Crippen LogP contribution is -2.45. The van der Waals surface area contributed by atoms with Crippen LogP contribution < -0.4 is 11.1 Å². The molecule has 1 fully saturated rings. The molecule has 2 heteroatoms. The van der Waals surface area contributed by atoms with Crippen LogP contribution in [0.5, 0.6) is 0 Å². The van der Waals surface area contributed by atoms with E-state index in [1.54, 1.807) is 0 Å². The van der Waals surface area contributed by atoms with Gasteiger partial charge in [-0.25, -0.2) is 0 Å². The van der Waals surface area contributed by atoms with E-state index in [1.165, 1.54) is 44.9 Å². The molecule has 0 saturated heterocycles. The maximum atomic E-state index is 5.87. The average molecular weight is 240 g/mol. The summed E-state index contributed by atoms with van der Waals surface area (Å²) in [5, 5.41) is 3.81. The third kappa shape index (κ3) is 5.87. The van der Waals surface area contributed by atoms with Gasteiger partial charge in [0.1, 0.15) is 0 Å². The molecule has 0 radical (unpaired) electrons. The van der Waals surface area contributed by atoms with Gasteiger partial charge in [-0.15, -0.1) is 0 Å². The van der Waals surface area contributed by atoms with Gasteiger partial charge in [0.15, 0.2) is 0 Å². The van der Waals surface area contributed by atoms with E-state index in [0.717, 1.165) is 18.4 Å². The van der Waals surface area contributed by atoms with E-state index >= 15 is 0 Å². The number of hydrogen-bond donors (Lipinski definition) is 2. The van der Waals surface area contributed by atoms with E-state index in [4.69, 9.17) is 5.73 Å². The second-order valence-electron chi connectivity index (χ2n) is 6.28. The van der Waals surface area contributed by atoms with E-state index < -0.39 is 0 Å². The third-order valence-electron chi connectivity index (χ3n) is 4.13. The van der Waals surface area contributed by atoms with Crippen molar-refractivity contribution in [3.63, 3.8) is 0 Å². The van der Waals surface area contributed by atoms with Crippen LogP contribution in [0.25, 0.3) is 0 Å². The molecule has 2 nitrogen and oxygen atoms in total. The van der Waals surface area contributed by atoms with Crippen LogP contribution in [-0.4, -0.2) is 18.6 Å². The van der Waals surface area contributed by atoms with E-state index in [-0.39, 0.29) is 0 Å².